The third-order valence-electron chi connectivity index (χ3n) is 5.31. The Balaban J connectivity index is 1.35. The van der Waals surface area contributed by atoms with Gasteiger partial charge in [0, 0.05) is 37.1 Å². The molecule has 1 amide bonds. The highest BCUT2D eigenvalue weighted by Gasteiger charge is 2.24. The smallest absolute Gasteiger partial charge is 0.227 e. The van der Waals surface area contributed by atoms with Crippen molar-refractivity contribution in [2.45, 2.75) is 25.3 Å². The summed E-state index contributed by atoms with van der Waals surface area (Å²) in [6, 6.07) is 9.63. The zero-order valence-electron chi connectivity index (χ0n) is 16.9. The van der Waals surface area contributed by atoms with E-state index in [1.165, 1.54) is 6.33 Å². The third-order valence-corrected chi connectivity index (χ3v) is 5.31. The molecule has 1 aliphatic heterocycles. The van der Waals surface area contributed by atoms with Crippen molar-refractivity contribution < 1.29 is 9.53 Å². The zero-order valence-corrected chi connectivity index (χ0v) is 16.9. The third kappa shape index (κ3) is 4.19. The van der Waals surface area contributed by atoms with Crippen molar-refractivity contribution in [2.75, 3.05) is 31.2 Å². The number of carbonyl (C=O) groups is 1. The number of nitrogen functional groups attached to an aromatic ring is 1. The van der Waals surface area contributed by atoms with Gasteiger partial charge in [-0.3, -0.25) is 4.79 Å². The minimum atomic E-state index is 0.112. The summed E-state index contributed by atoms with van der Waals surface area (Å²) in [4.78, 5) is 23.2. The predicted molar refractivity (Wildman–Crippen MR) is 113 cm³/mol. The van der Waals surface area contributed by atoms with Crippen LogP contribution >= 0.6 is 0 Å². The molecule has 0 radical (unpaired) electrons. The van der Waals surface area contributed by atoms with Gasteiger partial charge in [0.05, 0.1) is 13.5 Å². The highest BCUT2D eigenvalue weighted by atomic mass is 16.5. The van der Waals surface area contributed by atoms with Crippen LogP contribution in [0.1, 0.15) is 18.4 Å². The minimum absolute atomic E-state index is 0.112. The van der Waals surface area contributed by atoms with Crippen molar-refractivity contribution in [3.63, 3.8) is 0 Å². The molecule has 1 aliphatic rings. The first-order valence-electron chi connectivity index (χ1n) is 9.92. The molecule has 1 aromatic carbocycles. The van der Waals surface area contributed by atoms with E-state index in [9.17, 15) is 4.79 Å². The number of nitrogens with zero attached hydrogens (tertiary/aromatic N) is 5. The molecule has 2 aromatic heterocycles. The van der Waals surface area contributed by atoms with Gasteiger partial charge in [-0.25, -0.2) is 14.6 Å². The van der Waals surface area contributed by atoms with E-state index < -0.39 is 0 Å². The van der Waals surface area contributed by atoms with Gasteiger partial charge in [0.2, 0.25) is 5.91 Å². The van der Waals surface area contributed by atoms with Crippen molar-refractivity contribution in [3.05, 3.63) is 54.6 Å². The SMILES string of the molecule is COc1ccccc1CC(=O)N1CCC(Nc2ncnc(-n3cccn3)c2N)CC1. The molecule has 156 valence electrons. The Kier molecular flexibility index (Phi) is 5.78. The zero-order chi connectivity index (χ0) is 20.9. The van der Waals surface area contributed by atoms with Gasteiger partial charge in [-0.1, -0.05) is 18.2 Å². The number of ether oxygens (including phenoxy) is 1. The van der Waals surface area contributed by atoms with Crippen LogP contribution in [0.3, 0.4) is 0 Å². The van der Waals surface area contributed by atoms with Crippen molar-refractivity contribution >= 4 is 17.4 Å². The lowest BCUT2D eigenvalue weighted by molar-refractivity contribution is -0.131. The van der Waals surface area contributed by atoms with Crippen molar-refractivity contribution in [3.8, 4) is 11.6 Å². The van der Waals surface area contributed by atoms with Gasteiger partial charge >= 0.3 is 0 Å². The number of anilines is 2. The maximum absolute atomic E-state index is 12.7. The molecular weight excluding hydrogens is 382 g/mol. The lowest BCUT2D eigenvalue weighted by Gasteiger charge is -2.33. The Morgan fingerprint density at radius 1 is 1.23 bits per heavy atom. The first-order chi connectivity index (χ1) is 14.7. The molecule has 30 heavy (non-hydrogen) atoms. The lowest BCUT2D eigenvalue weighted by Crippen LogP contribution is -2.43. The molecule has 9 nitrogen and oxygen atoms in total. The lowest BCUT2D eigenvalue weighted by atomic mass is 10.0. The molecule has 3 N–H and O–H groups in total. The summed E-state index contributed by atoms with van der Waals surface area (Å²) in [5.74, 6) is 1.99. The van der Waals surface area contributed by atoms with Gasteiger partial charge in [0.1, 0.15) is 17.8 Å². The number of hydrogen-bond acceptors (Lipinski definition) is 7. The van der Waals surface area contributed by atoms with Crippen LogP contribution < -0.4 is 15.8 Å². The maximum Gasteiger partial charge on any atom is 0.227 e. The van der Waals surface area contributed by atoms with Crippen LogP contribution in [0.2, 0.25) is 0 Å². The van der Waals surface area contributed by atoms with Gasteiger partial charge in [-0.2, -0.15) is 5.10 Å². The molecule has 1 saturated heterocycles. The highest BCUT2D eigenvalue weighted by molar-refractivity contribution is 5.79. The van der Waals surface area contributed by atoms with E-state index in [0.29, 0.717) is 36.8 Å². The molecule has 9 heteroatoms. The number of methoxy groups -OCH3 is 1. The fourth-order valence-corrected chi connectivity index (χ4v) is 3.67. The van der Waals surface area contributed by atoms with Crippen molar-refractivity contribution in [1.29, 1.82) is 0 Å². The quantitative estimate of drug-likeness (QED) is 0.642. The Labute approximate surface area is 174 Å². The van der Waals surface area contributed by atoms with Crippen LogP contribution in [0, 0.1) is 0 Å². The van der Waals surface area contributed by atoms with Crippen LogP contribution in [-0.2, 0) is 11.2 Å². The summed E-state index contributed by atoms with van der Waals surface area (Å²) in [5, 5.41) is 7.58. The molecule has 1 fully saturated rings. The van der Waals surface area contributed by atoms with E-state index in [-0.39, 0.29) is 11.9 Å². The number of nitrogens with two attached hydrogens (primary N) is 1. The minimum Gasteiger partial charge on any atom is -0.496 e. The van der Waals surface area contributed by atoms with E-state index in [1.807, 2.05) is 35.2 Å². The second kappa shape index (κ2) is 8.81. The van der Waals surface area contributed by atoms with Crippen molar-refractivity contribution in [1.82, 2.24) is 24.6 Å². The number of para-hydroxylation sites is 1. The first-order valence-corrected chi connectivity index (χ1v) is 9.92. The fourth-order valence-electron chi connectivity index (χ4n) is 3.67. The molecule has 0 bridgehead atoms. The van der Waals surface area contributed by atoms with Crippen LogP contribution in [0.25, 0.3) is 5.82 Å². The molecule has 0 spiro atoms. The number of amides is 1. The van der Waals surface area contributed by atoms with Crippen molar-refractivity contribution in [2.24, 2.45) is 0 Å². The molecule has 0 saturated carbocycles. The fraction of sp³-hybridized carbons (Fsp3) is 0.333. The van der Waals surface area contributed by atoms with Gasteiger partial charge in [0.15, 0.2) is 11.6 Å². The largest absolute Gasteiger partial charge is 0.496 e. The molecular formula is C21H25N7O2. The van der Waals surface area contributed by atoms with E-state index in [0.717, 1.165) is 24.2 Å². The number of piperidine rings is 1. The molecule has 3 heterocycles. The summed E-state index contributed by atoms with van der Waals surface area (Å²) in [5.41, 5.74) is 7.62. The molecule has 3 aromatic rings. The first kappa shape index (κ1) is 19.7. The molecule has 4 rings (SSSR count). The Morgan fingerprint density at radius 3 is 2.77 bits per heavy atom. The van der Waals surface area contributed by atoms with Gasteiger partial charge in [0.25, 0.3) is 0 Å². The number of benzene rings is 1. The number of hydrogen-bond donors (Lipinski definition) is 2. The Morgan fingerprint density at radius 2 is 2.03 bits per heavy atom. The number of rotatable bonds is 6. The second-order valence-electron chi connectivity index (χ2n) is 7.20. The molecule has 0 atom stereocenters. The van der Waals surface area contributed by atoms with E-state index in [2.05, 4.69) is 20.4 Å². The Hall–Kier alpha value is -3.62. The normalized spacial score (nSPS) is 14.5. The molecule has 0 unspecified atom stereocenters. The highest BCUT2D eigenvalue weighted by Crippen LogP contribution is 2.24. The van der Waals surface area contributed by atoms with Crippen LogP contribution in [0.5, 0.6) is 5.75 Å². The van der Waals surface area contributed by atoms with Crippen LogP contribution in [-0.4, -0.2) is 56.8 Å². The maximum atomic E-state index is 12.7. The van der Waals surface area contributed by atoms with E-state index >= 15 is 0 Å². The monoisotopic (exact) mass is 407 g/mol. The van der Waals surface area contributed by atoms with E-state index in [1.54, 1.807) is 24.2 Å². The summed E-state index contributed by atoms with van der Waals surface area (Å²) in [6.07, 6.45) is 6.91. The number of aromatic nitrogens is 4. The summed E-state index contributed by atoms with van der Waals surface area (Å²) < 4.78 is 6.97. The van der Waals surface area contributed by atoms with Crippen LogP contribution in [0.15, 0.2) is 49.1 Å². The number of carbonyl (C=O) groups excluding carboxylic acids is 1. The average Bonchev–Trinajstić information content (AvgIpc) is 3.31. The Bertz CT molecular complexity index is 998. The average molecular weight is 407 g/mol. The standard InChI is InChI=1S/C21H25N7O2/c1-30-17-6-3-2-5-15(17)13-18(29)27-11-7-16(8-12-27)26-20-19(22)21(24-14-23-20)28-10-4-9-25-28/h2-6,9-10,14,16H,7-8,11-13,22H2,1H3,(H,23,24,26). The second-order valence-corrected chi connectivity index (χ2v) is 7.20. The summed E-state index contributed by atoms with van der Waals surface area (Å²) in [7, 11) is 1.62. The van der Waals surface area contributed by atoms with Crippen LogP contribution in [0.4, 0.5) is 11.5 Å². The van der Waals surface area contributed by atoms with Gasteiger partial charge in [-0.15, -0.1) is 0 Å². The number of likely N-dealkylation sites (tertiary alicyclic amines) is 1. The number of nitrogens with one attached hydrogen (secondary N) is 1. The summed E-state index contributed by atoms with van der Waals surface area (Å²) >= 11 is 0. The van der Waals surface area contributed by atoms with Gasteiger partial charge < -0.3 is 20.7 Å². The molecule has 0 aliphatic carbocycles. The summed E-state index contributed by atoms with van der Waals surface area (Å²) in [6.45, 7) is 1.37. The topological polar surface area (TPSA) is 111 Å². The van der Waals surface area contributed by atoms with E-state index in [4.69, 9.17) is 10.5 Å². The van der Waals surface area contributed by atoms with Gasteiger partial charge in [-0.05, 0) is 25.0 Å². The predicted octanol–water partition coefficient (Wildman–Crippen LogP) is 1.90.